The van der Waals surface area contributed by atoms with Crippen LogP contribution in [0.2, 0.25) is 0 Å². The Hall–Kier alpha value is -1.75. The fourth-order valence-corrected chi connectivity index (χ4v) is 4.81. The van der Waals surface area contributed by atoms with E-state index in [1.165, 1.54) is 49.3 Å². The van der Waals surface area contributed by atoms with Gasteiger partial charge in [0.05, 0.1) is 6.61 Å². The van der Waals surface area contributed by atoms with E-state index in [2.05, 4.69) is 26.8 Å². The molecule has 0 amide bonds. The summed E-state index contributed by atoms with van der Waals surface area (Å²) in [7, 11) is 0. The number of carbonyl (C=O) groups is 1. The number of fused-ring (bicyclic) bond motifs is 3. The molecule has 2 aliphatic heterocycles. The molecule has 1 aromatic carbocycles. The Labute approximate surface area is 187 Å². The van der Waals surface area contributed by atoms with Gasteiger partial charge in [-0.25, -0.2) is 0 Å². The standard InChI is InChI=1S/C26H40O5/c1-5-6-7-8-9-20-18-21-10-12-26(4,15-17-29-19(2)28)31-24(21)22-11-13-25(3,14-16-27)30-23(20)22/h18,27H,5-17H2,1-4H3. The summed E-state index contributed by atoms with van der Waals surface area (Å²) in [5, 5.41) is 9.54. The Morgan fingerprint density at radius 2 is 1.77 bits per heavy atom. The summed E-state index contributed by atoms with van der Waals surface area (Å²) in [5.74, 6) is 1.72. The van der Waals surface area contributed by atoms with Gasteiger partial charge in [0.2, 0.25) is 0 Å². The average molecular weight is 433 g/mol. The van der Waals surface area contributed by atoms with Crippen LogP contribution >= 0.6 is 0 Å². The third-order valence-corrected chi connectivity index (χ3v) is 6.88. The Morgan fingerprint density at radius 1 is 1.06 bits per heavy atom. The Balaban J connectivity index is 1.87. The normalized spacial score (nSPS) is 24.5. The highest BCUT2D eigenvalue weighted by Gasteiger charge is 2.39. The molecule has 1 N–H and O–H groups in total. The van der Waals surface area contributed by atoms with Gasteiger partial charge < -0.3 is 19.3 Å². The van der Waals surface area contributed by atoms with Crippen LogP contribution in [0, 0.1) is 0 Å². The number of hydrogen-bond acceptors (Lipinski definition) is 5. The van der Waals surface area contributed by atoms with Crippen LogP contribution in [0.15, 0.2) is 6.07 Å². The third kappa shape index (κ3) is 5.94. The highest BCUT2D eigenvalue weighted by atomic mass is 16.5. The van der Waals surface area contributed by atoms with Crippen LogP contribution in [-0.2, 0) is 28.8 Å². The minimum absolute atomic E-state index is 0.132. The Morgan fingerprint density at radius 3 is 2.48 bits per heavy atom. The summed E-state index contributed by atoms with van der Waals surface area (Å²) in [6.07, 6.45) is 10.9. The van der Waals surface area contributed by atoms with Gasteiger partial charge in [0.1, 0.15) is 22.7 Å². The molecule has 174 valence electrons. The molecule has 0 aliphatic carbocycles. The largest absolute Gasteiger partial charge is 0.487 e. The number of aryl methyl sites for hydroxylation is 2. The van der Waals surface area contributed by atoms with Crippen LogP contribution in [0.4, 0.5) is 0 Å². The molecule has 1 aromatic rings. The minimum atomic E-state index is -0.343. The quantitative estimate of drug-likeness (QED) is 0.401. The topological polar surface area (TPSA) is 65.0 Å². The Bertz CT molecular complexity index is 774. The van der Waals surface area contributed by atoms with E-state index >= 15 is 0 Å². The second kappa shape index (κ2) is 10.2. The minimum Gasteiger partial charge on any atom is -0.487 e. The van der Waals surface area contributed by atoms with Crippen molar-refractivity contribution in [3.8, 4) is 11.5 Å². The maximum absolute atomic E-state index is 11.2. The molecule has 2 heterocycles. The number of unbranched alkanes of at least 4 members (excludes halogenated alkanes) is 3. The molecule has 3 rings (SSSR count). The fraction of sp³-hybridized carbons (Fsp3) is 0.731. The molecule has 0 fully saturated rings. The molecular formula is C26H40O5. The van der Waals surface area contributed by atoms with Crippen molar-refractivity contribution in [2.45, 2.75) is 110 Å². The zero-order valence-electron chi connectivity index (χ0n) is 19.8. The van der Waals surface area contributed by atoms with Crippen molar-refractivity contribution in [1.82, 2.24) is 0 Å². The summed E-state index contributed by atoms with van der Waals surface area (Å²) in [6.45, 7) is 8.41. The zero-order valence-corrected chi connectivity index (χ0v) is 19.8. The number of aliphatic hydroxyl groups excluding tert-OH is 1. The maximum Gasteiger partial charge on any atom is 0.302 e. The number of benzene rings is 1. The number of esters is 1. The lowest BCUT2D eigenvalue weighted by molar-refractivity contribution is -0.142. The number of carbonyl (C=O) groups excluding carboxylic acids is 1. The van der Waals surface area contributed by atoms with E-state index in [1.54, 1.807) is 0 Å². The van der Waals surface area contributed by atoms with E-state index in [4.69, 9.17) is 14.2 Å². The van der Waals surface area contributed by atoms with Gasteiger partial charge in [0.25, 0.3) is 0 Å². The van der Waals surface area contributed by atoms with Gasteiger partial charge in [0.15, 0.2) is 0 Å². The van der Waals surface area contributed by atoms with E-state index in [0.717, 1.165) is 43.6 Å². The van der Waals surface area contributed by atoms with Gasteiger partial charge in [0, 0.05) is 31.9 Å². The monoisotopic (exact) mass is 432 g/mol. The summed E-state index contributed by atoms with van der Waals surface area (Å²) in [4.78, 5) is 11.2. The molecule has 2 atom stereocenters. The van der Waals surface area contributed by atoms with Crippen molar-refractivity contribution < 1.29 is 24.1 Å². The number of rotatable bonds is 10. The molecule has 5 heteroatoms. The zero-order chi connectivity index (χ0) is 22.5. The molecule has 2 unspecified atom stereocenters. The van der Waals surface area contributed by atoms with E-state index < -0.39 is 0 Å². The summed E-state index contributed by atoms with van der Waals surface area (Å²) in [6, 6.07) is 2.30. The van der Waals surface area contributed by atoms with Gasteiger partial charge in [-0.15, -0.1) is 0 Å². The van der Waals surface area contributed by atoms with Crippen LogP contribution in [-0.4, -0.2) is 35.5 Å². The molecule has 0 bridgehead atoms. The molecular weight excluding hydrogens is 392 g/mol. The molecule has 0 radical (unpaired) electrons. The number of hydrogen-bond donors (Lipinski definition) is 1. The molecule has 0 aromatic heterocycles. The van der Waals surface area contributed by atoms with Crippen LogP contribution in [0.5, 0.6) is 11.5 Å². The summed E-state index contributed by atoms with van der Waals surface area (Å²) >= 11 is 0. The second-order valence-electron chi connectivity index (χ2n) is 9.81. The lowest BCUT2D eigenvalue weighted by atomic mass is 9.83. The fourth-order valence-electron chi connectivity index (χ4n) is 4.81. The molecule has 0 saturated heterocycles. The molecule has 0 spiro atoms. The van der Waals surface area contributed by atoms with Gasteiger partial charge in [-0.1, -0.05) is 26.2 Å². The van der Waals surface area contributed by atoms with Crippen molar-refractivity contribution in [3.05, 3.63) is 22.8 Å². The van der Waals surface area contributed by atoms with Crippen molar-refractivity contribution >= 4 is 5.97 Å². The lowest BCUT2D eigenvalue weighted by Crippen LogP contribution is -2.41. The van der Waals surface area contributed by atoms with Crippen molar-refractivity contribution in [3.63, 3.8) is 0 Å². The average Bonchev–Trinajstić information content (AvgIpc) is 2.71. The van der Waals surface area contributed by atoms with Crippen LogP contribution in [0.1, 0.15) is 95.8 Å². The summed E-state index contributed by atoms with van der Waals surface area (Å²) in [5.41, 5.74) is 3.09. The van der Waals surface area contributed by atoms with Gasteiger partial charge in [-0.2, -0.15) is 0 Å². The number of aliphatic hydroxyl groups is 1. The predicted octanol–water partition coefficient (Wildman–Crippen LogP) is 5.31. The van der Waals surface area contributed by atoms with Gasteiger partial charge in [-0.05, 0) is 69.6 Å². The molecule has 31 heavy (non-hydrogen) atoms. The first-order valence-corrected chi connectivity index (χ1v) is 12.1. The smallest absolute Gasteiger partial charge is 0.302 e. The van der Waals surface area contributed by atoms with E-state index in [1.807, 2.05) is 0 Å². The number of ether oxygens (including phenoxy) is 3. The van der Waals surface area contributed by atoms with E-state index in [-0.39, 0.29) is 23.8 Å². The van der Waals surface area contributed by atoms with Gasteiger partial charge in [-0.3, -0.25) is 4.79 Å². The third-order valence-electron chi connectivity index (χ3n) is 6.88. The van der Waals surface area contributed by atoms with Crippen LogP contribution in [0.25, 0.3) is 0 Å². The van der Waals surface area contributed by atoms with E-state index in [9.17, 15) is 9.90 Å². The first kappa shape index (κ1) is 23.9. The lowest BCUT2D eigenvalue weighted by Gasteiger charge is -2.41. The first-order chi connectivity index (χ1) is 14.8. The maximum atomic E-state index is 11.2. The van der Waals surface area contributed by atoms with Crippen LogP contribution in [0.3, 0.4) is 0 Å². The Kier molecular flexibility index (Phi) is 7.90. The van der Waals surface area contributed by atoms with Crippen LogP contribution < -0.4 is 9.47 Å². The van der Waals surface area contributed by atoms with Crippen molar-refractivity contribution in [2.24, 2.45) is 0 Å². The first-order valence-electron chi connectivity index (χ1n) is 12.1. The molecule has 5 nitrogen and oxygen atoms in total. The predicted molar refractivity (Wildman–Crippen MR) is 122 cm³/mol. The highest BCUT2D eigenvalue weighted by Crippen LogP contribution is 2.48. The SMILES string of the molecule is CCCCCCc1cc2c(c3c1OC(C)(CCO)CC3)OC(C)(CCOC(C)=O)CC2. The molecule has 2 aliphatic rings. The van der Waals surface area contributed by atoms with E-state index in [0.29, 0.717) is 19.4 Å². The van der Waals surface area contributed by atoms with Crippen molar-refractivity contribution in [1.29, 1.82) is 0 Å². The molecule has 0 saturated carbocycles. The summed E-state index contributed by atoms with van der Waals surface area (Å²) < 4.78 is 18.4. The highest BCUT2D eigenvalue weighted by molar-refractivity contribution is 5.65. The van der Waals surface area contributed by atoms with Crippen molar-refractivity contribution in [2.75, 3.05) is 13.2 Å². The second-order valence-corrected chi connectivity index (χ2v) is 9.81. The van der Waals surface area contributed by atoms with Gasteiger partial charge >= 0.3 is 5.97 Å².